The molecule has 1 aromatic heterocycles. The fourth-order valence-electron chi connectivity index (χ4n) is 1.75. The maximum absolute atomic E-state index is 4.32. The quantitative estimate of drug-likeness (QED) is 0.677. The van der Waals surface area contributed by atoms with Gasteiger partial charge in [-0.25, -0.2) is 0 Å². The molecule has 1 heterocycles. The Hall–Kier alpha value is -0.330. The average molecular weight is 452 g/mol. The normalized spacial score (nSPS) is 10.7. The maximum atomic E-state index is 4.32. The van der Waals surface area contributed by atoms with Crippen LogP contribution in [0.1, 0.15) is 18.9 Å². The Balaban J connectivity index is 2.05. The first-order valence-electron chi connectivity index (χ1n) is 6.00. The van der Waals surface area contributed by atoms with Crippen molar-refractivity contribution in [2.75, 3.05) is 5.32 Å². The highest BCUT2D eigenvalue weighted by Crippen LogP contribution is 2.34. The van der Waals surface area contributed by atoms with Crippen LogP contribution >= 0.6 is 47.8 Å². The number of anilines is 1. The molecule has 2 rings (SSSR count). The molecule has 1 N–H and O–H groups in total. The fourth-order valence-corrected chi connectivity index (χ4v) is 4.29. The molecule has 0 aliphatic heterocycles. The van der Waals surface area contributed by atoms with Crippen molar-refractivity contribution >= 4 is 53.5 Å². The average Bonchev–Trinajstić information content (AvgIpc) is 2.76. The van der Waals surface area contributed by atoms with E-state index in [2.05, 4.69) is 71.3 Å². The minimum Gasteiger partial charge on any atom is -0.379 e. The smallest absolute Gasteiger partial charge is 0.0632 e. The van der Waals surface area contributed by atoms with E-state index in [4.69, 9.17) is 0 Å². The summed E-state index contributed by atoms with van der Waals surface area (Å²) >= 11 is 10.6. The zero-order valence-corrected chi connectivity index (χ0v) is 15.2. The lowest BCUT2D eigenvalue weighted by Gasteiger charge is -2.10. The lowest BCUT2D eigenvalue weighted by Crippen LogP contribution is -2.00. The second kappa shape index (κ2) is 6.90. The summed E-state index contributed by atoms with van der Waals surface area (Å²) in [6.07, 6.45) is 5.08. The van der Waals surface area contributed by atoms with Crippen LogP contribution in [0.15, 0.2) is 37.9 Å². The standard InChI is InChI=1S/C13H14Br3N3/c1-2-3-19-8-9(7-18-19)6-17-13-11(15)4-10(14)5-12(13)16/h4-5,7-8,17H,2-3,6H2,1H3. The van der Waals surface area contributed by atoms with Gasteiger partial charge >= 0.3 is 0 Å². The van der Waals surface area contributed by atoms with Gasteiger partial charge in [-0.1, -0.05) is 22.9 Å². The molecule has 0 atom stereocenters. The highest BCUT2D eigenvalue weighted by Gasteiger charge is 2.07. The van der Waals surface area contributed by atoms with Crippen molar-refractivity contribution in [1.82, 2.24) is 9.78 Å². The number of hydrogen-bond donors (Lipinski definition) is 1. The van der Waals surface area contributed by atoms with Gasteiger partial charge in [0.1, 0.15) is 0 Å². The Morgan fingerprint density at radius 2 is 1.89 bits per heavy atom. The molecule has 1 aromatic carbocycles. The van der Waals surface area contributed by atoms with Gasteiger partial charge in [0.25, 0.3) is 0 Å². The van der Waals surface area contributed by atoms with Crippen molar-refractivity contribution in [2.45, 2.75) is 26.4 Å². The van der Waals surface area contributed by atoms with Gasteiger partial charge < -0.3 is 5.32 Å². The van der Waals surface area contributed by atoms with Crippen molar-refractivity contribution < 1.29 is 0 Å². The van der Waals surface area contributed by atoms with Crippen LogP contribution in [0, 0.1) is 0 Å². The van der Waals surface area contributed by atoms with Gasteiger partial charge in [0, 0.05) is 38.3 Å². The number of halogens is 3. The third-order valence-corrected chi connectivity index (χ3v) is 4.32. The molecule has 102 valence electrons. The van der Waals surface area contributed by atoms with Crippen LogP contribution in [-0.2, 0) is 13.1 Å². The van der Waals surface area contributed by atoms with Crippen molar-refractivity contribution in [3.05, 3.63) is 43.5 Å². The largest absolute Gasteiger partial charge is 0.379 e. The summed E-state index contributed by atoms with van der Waals surface area (Å²) in [4.78, 5) is 0. The van der Waals surface area contributed by atoms with Gasteiger partial charge in [0.05, 0.1) is 11.9 Å². The van der Waals surface area contributed by atoms with E-state index in [1.165, 1.54) is 5.56 Å². The predicted octanol–water partition coefficient (Wildman–Crippen LogP) is 5.19. The first-order chi connectivity index (χ1) is 9.10. The Labute approximate surface area is 138 Å². The highest BCUT2D eigenvalue weighted by molar-refractivity contribution is 9.11. The zero-order valence-electron chi connectivity index (χ0n) is 10.5. The van der Waals surface area contributed by atoms with Crippen LogP contribution < -0.4 is 5.32 Å². The second-order valence-corrected chi connectivity index (χ2v) is 6.83. The lowest BCUT2D eigenvalue weighted by atomic mass is 10.3. The molecule has 0 bridgehead atoms. The monoisotopic (exact) mass is 449 g/mol. The number of rotatable bonds is 5. The number of aryl methyl sites for hydroxylation is 1. The summed E-state index contributed by atoms with van der Waals surface area (Å²) in [6.45, 7) is 3.86. The Morgan fingerprint density at radius 3 is 2.53 bits per heavy atom. The first kappa shape index (κ1) is 15.1. The Kier molecular flexibility index (Phi) is 5.47. The molecule has 0 amide bonds. The number of nitrogens with zero attached hydrogens (tertiary/aromatic N) is 2. The van der Waals surface area contributed by atoms with Gasteiger partial charge in [-0.05, 0) is 50.4 Å². The van der Waals surface area contributed by atoms with Crippen molar-refractivity contribution in [1.29, 1.82) is 0 Å². The molecule has 0 spiro atoms. The van der Waals surface area contributed by atoms with Crippen molar-refractivity contribution in [3.63, 3.8) is 0 Å². The van der Waals surface area contributed by atoms with Crippen molar-refractivity contribution in [3.8, 4) is 0 Å². The maximum Gasteiger partial charge on any atom is 0.0632 e. The molecule has 0 aliphatic rings. The van der Waals surface area contributed by atoms with Gasteiger partial charge in [0.15, 0.2) is 0 Å². The summed E-state index contributed by atoms with van der Waals surface area (Å²) in [5.74, 6) is 0. The summed E-state index contributed by atoms with van der Waals surface area (Å²) in [5.41, 5.74) is 2.22. The summed E-state index contributed by atoms with van der Waals surface area (Å²) in [6, 6.07) is 4.04. The number of hydrogen-bond acceptors (Lipinski definition) is 2. The van der Waals surface area contributed by atoms with Crippen LogP contribution in [0.25, 0.3) is 0 Å². The van der Waals surface area contributed by atoms with Crippen LogP contribution in [0.3, 0.4) is 0 Å². The van der Waals surface area contributed by atoms with E-state index in [-0.39, 0.29) is 0 Å². The number of nitrogens with one attached hydrogen (secondary N) is 1. The third kappa shape index (κ3) is 4.07. The molecule has 0 saturated carbocycles. The van der Waals surface area contributed by atoms with E-state index in [9.17, 15) is 0 Å². The highest BCUT2D eigenvalue weighted by atomic mass is 79.9. The van der Waals surface area contributed by atoms with Crippen molar-refractivity contribution in [2.24, 2.45) is 0 Å². The van der Waals surface area contributed by atoms with E-state index in [1.54, 1.807) is 0 Å². The molecule has 2 aromatic rings. The second-order valence-electron chi connectivity index (χ2n) is 4.21. The molecule has 6 heteroatoms. The minimum atomic E-state index is 0.753. The van der Waals surface area contributed by atoms with E-state index in [0.29, 0.717) is 0 Å². The zero-order chi connectivity index (χ0) is 13.8. The van der Waals surface area contributed by atoms with Crippen LogP contribution in [0.4, 0.5) is 5.69 Å². The van der Waals surface area contributed by atoms with Gasteiger partial charge in [-0.3, -0.25) is 4.68 Å². The molecular weight excluding hydrogens is 438 g/mol. The topological polar surface area (TPSA) is 29.9 Å². The number of benzene rings is 1. The third-order valence-electron chi connectivity index (χ3n) is 2.62. The molecule has 0 radical (unpaired) electrons. The van der Waals surface area contributed by atoms with Crippen LogP contribution in [-0.4, -0.2) is 9.78 Å². The summed E-state index contributed by atoms with van der Waals surface area (Å²) in [5, 5.41) is 7.74. The van der Waals surface area contributed by atoms with E-state index in [0.717, 1.165) is 38.6 Å². The fraction of sp³-hybridized carbons (Fsp3) is 0.308. The van der Waals surface area contributed by atoms with Gasteiger partial charge in [-0.15, -0.1) is 0 Å². The van der Waals surface area contributed by atoms with Gasteiger partial charge in [0.2, 0.25) is 0 Å². The Bertz CT molecular complexity index is 543. The van der Waals surface area contributed by atoms with Crippen LogP contribution in [0.5, 0.6) is 0 Å². The SMILES string of the molecule is CCCn1cc(CNc2c(Br)cc(Br)cc2Br)cn1. The van der Waals surface area contributed by atoms with Gasteiger partial charge in [-0.2, -0.15) is 5.10 Å². The number of aromatic nitrogens is 2. The molecule has 0 aliphatic carbocycles. The predicted molar refractivity (Wildman–Crippen MR) is 89.4 cm³/mol. The Morgan fingerprint density at radius 1 is 1.21 bits per heavy atom. The van der Waals surface area contributed by atoms with E-state index < -0.39 is 0 Å². The summed E-state index contributed by atoms with van der Waals surface area (Å²) < 4.78 is 5.06. The molecule has 0 fully saturated rings. The molecular formula is C13H14Br3N3. The molecule has 19 heavy (non-hydrogen) atoms. The van der Waals surface area contributed by atoms with Crippen LogP contribution in [0.2, 0.25) is 0 Å². The first-order valence-corrected chi connectivity index (χ1v) is 8.37. The molecule has 3 nitrogen and oxygen atoms in total. The van der Waals surface area contributed by atoms with E-state index in [1.807, 2.05) is 23.0 Å². The van der Waals surface area contributed by atoms with E-state index >= 15 is 0 Å². The molecule has 0 unspecified atom stereocenters. The minimum absolute atomic E-state index is 0.753. The summed E-state index contributed by atoms with van der Waals surface area (Å²) in [7, 11) is 0. The lowest BCUT2D eigenvalue weighted by molar-refractivity contribution is 0.602. The molecule has 0 saturated heterocycles.